The lowest BCUT2D eigenvalue weighted by Crippen LogP contribution is -2.30. The van der Waals surface area contributed by atoms with Crippen LogP contribution < -0.4 is 5.73 Å². The van der Waals surface area contributed by atoms with Crippen LogP contribution in [0.4, 0.5) is 4.39 Å². The number of rotatable bonds is 6. The van der Waals surface area contributed by atoms with E-state index >= 15 is 0 Å². The van der Waals surface area contributed by atoms with Crippen LogP contribution in [-0.4, -0.2) is 20.9 Å². The first-order valence-corrected chi connectivity index (χ1v) is 8.16. The molecule has 6 nitrogen and oxygen atoms in total. The smallest absolute Gasteiger partial charge is 0.339 e. The molecule has 1 fully saturated rings. The van der Waals surface area contributed by atoms with Crippen LogP contribution in [0, 0.1) is 16.7 Å². The molecule has 1 atom stereocenters. The van der Waals surface area contributed by atoms with Gasteiger partial charge in [0.25, 0.3) is 0 Å². The average molecular weight is 334 g/mol. The fourth-order valence-electron chi connectivity index (χ4n) is 3.53. The van der Waals surface area contributed by atoms with E-state index in [1.165, 1.54) is 4.68 Å². The highest BCUT2D eigenvalue weighted by Crippen LogP contribution is 2.46. The molecular weight excluding hydrogens is 311 g/mol. The summed E-state index contributed by atoms with van der Waals surface area (Å²) in [5.74, 6) is -1.25. The topological polar surface area (TPSA) is 105 Å². The van der Waals surface area contributed by atoms with Crippen molar-refractivity contribution in [3.8, 4) is 6.07 Å². The molecule has 0 spiro atoms. The Morgan fingerprint density at radius 3 is 2.75 bits per heavy atom. The lowest BCUT2D eigenvalue weighted by Gasteiger charge is -2.37. The number of nitrogens with two attached hydrogens (primary N) is 1. The predicted octanol–water partition coefficient (Wildman–Crippen LogP) is 3.49. The summed E-state index contributed by atoms with van der Waals surface area (Å²) in [5, 5.41) is 22.8. The summed E-state index contributed by atoms with van der Waals surface area (Å²) in [7, 11) is 0. The molecule has 1 saturated carbocycles. The van der Waals surface area contributed by atoms with Gasteiger partial charge in [0.2, 0.25) is 0 Å². The summed E-state index contributed by atoms with van der Waals surface area (Å²) < 4.78 is 15.1. The summed E-state index contributed by atoms with van der Waals surface area (Å²) in [6, 6.07) is 2.25. The molecule has 0 bridgehead atoms. The number of carbonyl (C=O) groups is 1. The van der Waals surface area contributed by atoms with Gasteiger partial charge in [0.15, 0.2) is 6.30 Å². The van der Waals surface area contributed by atoms with E-state index in [4.69, 9.17) is 10.8 Å². The third kappa shape index (κ3) is 3.20. The lowest BCUT2D eigenvalue weighted by atomic mass is 9.68. The Kier molecular flexibility index (Phi) is 5.40. The second-order valence-electron chi connectivity index (χ2n) is 6.37. The van der Waals surface area contributed by atoms with Gasteiger partial charge in [0.1, 0.15) is 11.3 Å². The second kappa shape index (κ2) is 7.14. The number of carboxylic acids is 1. The molecule has 1 aromatic heterocycles. The second-order valence-corrected chi connectivity index (χ2v) is 6.37. The number of aromatic nitrogens is 2. The Morgan fingerprint density at radius 2 is 2.29 bits per heavy atom. The van der Waals surface area contributed by atoms with Crippen molar-refractivity contribution >= 4 is 5.97 Å². The number of carboxylic acid groups (broad SMARTS) is 1. The van der Waals surface area contributed by atoms with E-state index in [9.17, 15) is 14.4 Å². The number of nitriles is 1. The quantitative estimate of drug-likeness (QED) is 0.612. The molecule has 1 aromatic rings. The van der Waals surface area contributed by atoms with Gasteiger partial charge in [-0.15, -0.1) is 0 Å². The number of hydrogen-bond acceptors (Lipinski definition) is 4. The van der Waals surface area contributed by atoms with Crippen LogP contribution in [0.15, 0.2) is 18.3 Å². The van der Waals surface area contributed by atoms with Crippen molar-refractivity contribution in [3.05, 3.63) is 29.6 Å². The highest BCUT2D eigenvalue weighted by molar-refractivity contribution is 5.88. The van der Waals surface area contributed by atoms with Crippen molar-refractivity contribution < 1.29 is 14.3 Å². The summed E-state index contributed by atoms with van der Waals surface area (Å²) >= 11 is 0. The van der Waals surface area contributed by atoms with Gasteiger partial charge in [0, 0.05) is 0 Å². The molecule has 1 aliphatic rings. The van der Waals surface area contributed by atoms with Gasteiger partial charge in [-0.1, -0.05) is 25.5 Å². The molecule has 0 aliphatic heterocycles. The zero-order chi connectivity index (χ0) is 17.9. The fraction of sp³-hybridized carbons (Fsp3) is 0.588. The van der Waals surface area contributed by atoms with Crippen molar-refractivity contribution in [2.24, 2.45) is 11.1 Å². The van der Waals surface area contributed by atoms with Crippen molar-refractivity contribution in [2.75, 3.05) is 0 Å². The van der Waals surface area contributed by atoms with Crippen LogP contribution in [0.5, 0.6) is 0 Å². The highest BCUT2D eigenvalue weighted by Gasteiger charge is 2.39. The molecule has 0 radical (unpaired) electrons. The zero-order valence-electron chi connectivity index (χ0n) is 13.8. The molecular formula is C17H23FN4O2. The summed E-state index contributed by atoms with van der Waals surface area (Å²) in [4.78, 5) is 11.2. The van der Waals surface area contributed by atoms with Gasteiger partial charge in [-0.05, 0) is 32.1 Å². The first-order chi connectivity index (χ1) is 11.4. The number of nitrogens with zero attached hydrogens (tertiary/aromatic N) is 3. The van der Waals surface area contributed by atoms with E-state index in [-0.39, 0.29) is 17.3 Å². The highest BCUT2D eigenvalue weighted by atomic mass is 19.1. The van der Waals surface area contributed by atoms with Gasteiger partial charge in [-0.2, -0.15) is 10.4 Å². The molecule has 1 heterocycles. The maximum Gasteiger partial charge on any atom is 0.339 e. The Hall–Kier alpha value is -2.20. The summed E-state index contributed by atoms with van der Waals surface area (Å²) in [6.07, 6.45) is 3.41. The van der Waals surface area contributed by atoms with E-state index in [2.05, 4.69) is 17.7 Å². The van der Waals surface area contributed by atoms with Crippen LogP contribution >= 0.6 is 0 Å². The van der Waals surface area contributed by atoms with Crippen LogP contribution in [0.1, 0.15) is 73.8 Å². The molecule has 0 amide bonds. The van der Waals surface area contributed by atoms with E-state index in [1.807, 2.05) is 6.92 Å². The normalized spacial score (nSPS) is 25.0. The molecule has 0 saturated heterocycles. The Bertz CT molecular complexity index is 667. The largest absolute Gasteiger partial charge is 0.478 e. The average Bonchev–Trinajstić information content (AvgIpc) is 3.00. The van der Waals surface area contributed by atoms with Crippen LogP contribution in [0.3, 0.4) is 0 Å². The van der Waals surface area contributed by atoms with Crippen LogP contribution in [0.25, 0.3) is 0 Å². The van der Waals surface area contributed by atoms with Crippen LogP contribution in [-0.2, 0) is 0 Å². The molecule has 130 valence electrons. The number of aromatic carboxylic acids is 1. The molecule has 24 heavy (non-hydrogen) atoms. The standard InChI is InChI=1S/C17H23FN4O2/c1-3-4-11(2)17(10-19)7-5-12(6-8-17)22-14(15(18)20)13(9-21-22)16(23)24/h9,12,15H,2-8,20H2,1H3,(H,23,24). The van der Waals surface area contributed by atoms with Crippen molar-refractivity contribution in [3.63, 3.8) is 0 Å². The number of alkyl halides is 1. The molecule has 7 heteroatoms. The van der Waals surface area contributed by atoms with E-state index in [0.29, 0.717) is 25.7 Å². The molecule has 1 aliphatic carbocycles. The third-order valence-corrected chi connectivity index (χ3v) is 4.92. The molecule has 2 rings (SSSR count). The van der Waals surface area contributed by atoms with Crippen molar-refractivity contribution in [1.82, 2.24) is 9.78 Å². The van der Waals surface area contributed by atoms with Crippen molar-refractivity contribution in [2.45, 2.75) is 57.8 Å². The Morgan fingerprint density at radius 1 is 1.67 bits per heavy atom. The molecule has 1 unspecified atom stereocenters. The maximum absolute atomic E-state index is 13.7. The molecule has 0 aromatic carbocycles. The van der Waals surface area contributed by atoms with Crippen LogP contribution in [0.2, 0.25) is 0 Å². The minimum absolute atomic E-state index is 0.107. The van der Waals surface area contributed by atoms with Gasteiger partial charge < -0.3 is 5.11 Å². The number of allylic oxidation sites excluding steroid dienone is 1. The zero-order valence-corrected chi connectivity index (χ0v) is 13.8. The Labute approximate surface area is 140 Å². The first-order valence-electron chi connectivity index (χ1n) is 8.16. The fourth-order valence-corrected chi connectivity index (χ4v) is 3.53. The third-order valence-electron chi connectivity index (χ3n) is 4.92. The van der Waals surface area contributed by atoms with E-state index in [0.717, 1.165) is 24.6 Å². The summed E-state index contributed by atoms with van der Waals surface area (Å²) in [5.41, 5.74) is 5.39. The maximum atomic E-state index is 13.7. The van der Waals surface area contributed by atoms with E-state index < -0.39 is 17.7 Å². The van der Waals surface area contributed by atoms with Gasteiger partial charge in [-0.25, -0.2) is 9.18 Å². The first kappa shape index (κ1) is 18.1. The minimum Gasteiger partial charge on any atom is -0.478 e. The lowest BCUT2D eigenvalue weighted by molar-refractivity contribution is 0.0692. The van der Waals surface area contributed by atoms with E-state index in [1.54, 1.807) is 0 Å². The Balaban J connectivity index is 2.23. The number of halogens is 1. The SMILES string of the molecule is C=C(CCC)C1(C#N)CCC(n2ncc(C(=O)O)c2C(N)F)CC1. The minimum atomic E-state index is -1.91. The molecule has 3 N–H and O–H groups in total. The number of hydrogen-bond donors (Lipinski definition) is 2. The van der Waals surface area contributed by atoms with Gasteiger partial charge >= 0.3 is 5.97 Å². The predicted molar refractivity (Wildman–Crippen MR) is 86.8 cm³/mol. The van der Waals surface area contributed by atoms with Crippen molar-refractivity contribution in [1.29, 1.82) is 5.26 Å². The summed E-state index contributed by atoms with van der Waals surface area (Å²) in [6.45, 7) is 6.13. The monoisotopic (exact) mass is 334 g/mol. The van der Waals surface area contributed by atoms with Gasteiger partial charge in [0.05, 0.1) is 23.7 Å². The van der Waals surface area contributed by atoms with Gasteiger partial charge in [-0.3, -0.25) is 10.4 Å².